The van der Waals surface area contributed by atoms with E-state index in [1.54, 1.807) is 36.0 Å². The van der Waals surface area contributed by atoms with E-state index in [0.717, 1.165) is 22.2 Å². The minimum absolute atomic E-state index is 0.127. The van der Waals surface area contributed by atoms with Crippen molar-refractivity contribution in [2.75, 3.05) is 12.4 Å². The van der Waals surface area contributed by atoms with Crippen molar-refractivity contribution in [1.29, 1.82) is 0 Å². The van der Waals surface area contributed by atoms with Gasteiger partial charge in [0.15, 0.2) is 22.5 Å². The zero-order valence-electron chi connectivity index (χ0n) is 15.7. The summed E-state index contributed by atoms with van der Waals surface area (Å²) in [4.78, 5) is 0. The van der Waals surface area contributed by atoms with Crippen LogP contribution in [0, 0.1) is 12.7 Å². The number of ether oxygens (including phenoxy) is 2. The van der Waals surface area contributed by atoms with Crippen LogP contribution in [-0.4, -0.2) is 27.1 Å². The van der Waals surface area contributed by atoms with Crippen LogP contribution in [0.5, 0.6) is 11.5 Å². The van der Waals surface area contributed by atoms with Gasteiger partial charge in [-0.2, -0.15) is 0 Å². The van der Waals surface area contributed by atoms with Crippen molar-refractivity contribution >= 4 is 11.8 Å². The second-order valence-electron chi connectivity index (χ2n) is 6.03. The number of aryl methyl sites for hydroxylation is 1. The van der Waals surface area contributed by atoms with Crippen molar-refractivity contribution in [3.8, 4) is 11.5 Å². The maximum absolute atomic E-state index is 13.7. The van der Waals surface area contributed by atoms with Gasteiger partial charge in [-0.25, -0.2) is 4.39 Å². The maximum Gasteiger partial charge on any atom is 0.191 e. The Bertz CT molecular complexity index is 930. The monoisotopic (exact) mass is 399 g/mol. The lowest BCUT2D eigenvalue weighted by Gasteiger charge is -2.10. The van der Waals surface area contributed by atoms with Crippen LogP contribution in [0.2, 0.25) is 0 Å². The average molecular weight is 399 g/mol. The summed E-state index contributed by atoms with van der Waals surface area (Å²) in [6, 6.07) is 14.2. The van der Waals surface area contributed by atoms with Crippen LogP contribution >= 0.6 is 11.8 Å². The molecule has 0 saturated heterocycles. The number of rotatable bonds is 10. The third-order valence-corrected chi connectivity index (χ3v) is 4.80. The summed E-state index contributed by atoms with van der Waals surface area (Å²) in [5.41, 5.74) is 1.16. The molecule has 0 spiro atoms. The van der Waals surface area contributed by atoms with Crippen molar-refractivity contribution in [1.82, 2.24) is 14.8 Å². The average Bonchev–Trinajstić information content (AvgIpc) is 3.07. The van der Waals surface area contributed by atoms with Crippen LogP contribution in [0.3, 0.4) is 0 Å². The van der Waals surface area contributed by atoms with Gasteiger partial charge in [0.05, 0.1) is 6.61 Å². The molecule has 146 valence electrons. The van der Waals surface area contributed by atoms with Gasteiger partial charge in [0.25, 0.3) is 0 Å². The minimum atomic E-state index is -0.403. The van der Waals surface area contributed by atoms with E-state index in [9.17, 15) is 4.39 Å². The van der Waals surface area contributed by atoms with Crippen LogP contribution < -0.4 is 9.47 Å². The first-order valence-corrected chi connectivity index (χ1v) is 9.88. The molecule has 0 bridgehead atoms. The van der Waals surface area contributed by atoms with E-state index < -0.39 is 5.82 Å². The molecule has 0 N–H and O–H groups in total. The Hall–Kier alpha value is -2.80. The van der Waals surface area contributed by atoms with Gasteiger partial charge in [0.2, 0.25) is 0 Å². The smallest absolute Gasteiger partial charge is 0.191 e. The third-order valence-electron chi connectivity index (χ3n) is 3.87. The topological polar surface area (TPSA) is 49.2 Å². The predicted molar refractivity (Wildman–Crippen MR) is 108 cm³/mol. The number of hydrogen-bond acceptors (Lipinski definition) is 5. The number of para-hydroxylation sites is 1. The molecule has 2 aromatic carbocycles. The summed E-state index contributed by atoms with van der Waals surface area (Å²) >= 11 is 1.54. The molecule has 0 aliphatic rings. The summed E-state index contributed by atoms with van der Waals surface area (Å²) in [6.07, 6.45) is 1.77. The molecule has 1 aromatic heterocycles. The molecule has 0 radical (unpaired) electrons. The molecular formula is C21H22FN3O2S. The number of aromatic nitrogens is 3. The maximum atomic E-state index is 13.7. The molecule has 0 unspecified atom stereocenters. The summed E-state index contributed by atoms with van der Waals surface area (Å²) < 4.78 is 26.9. The van der Waals surface area contributed by atoms with E-state index in [1.807, 2.05) is 35.8 Å². The van der Waals surface area contributed by atoms with E-state index in [-0.39, 0.29) is 12.4 Å². The SMILES string of the molecule is C=CCn1c(COc2ccccc2F)nnc1SCCOc1cccc(C)c1. The van der Waals surface area contributed by atoms with Crippen molar-refractivity contribution in [2.45, 2.75) is 25.2 Å². The lowest BCUT2D eigenvalue weighted by Crippen LogP contribution is -2.08. The fraction of sp³-hybridized carbons (Fsp3) is 0.238. The Labute approximate surface area is 168 Å². The molecule has 0 atom stereocenters. The second kappa shape index (κ2) is 9.94. The largest absolute Gasteiger partial charge is 0.493 e. The first kappa shape index (κ1) is 19.9. The van der Waals surface area contributed by atoms with E-state index >= 15 is 0 Å². The molecule has 3 aromatic rings. The summed E-state index contributed by atoms with van der Waals surface area (Å²) in [5.74, 6) is 1.98. The zero-order valence-corrected chi connectivity index (χ0v) is 16.5. The van der Waals surface area contributed by atoms with Gasteiger partial charge < -0.3 is 9.47 Å². The fourth-order valence-corrected chi connectivity index (χ4v) is 3.33. The first-order chi connectivity index (χ1) is 13.7. The van der Waals surface area contributed by atoms with Crippen molar-refractivity contribution < 1.29 is 13.9 Å². The number of halogens is 1. The Kier molecular flexibility index (Phi) is 7.08. The third kappa shape index (κ3) is 5.36. The summed E-state index contributed by atoms with van der Waals surface area (Å²) in [6.45, 7) is 7.04. The number of thioether (sulfide) groups is 1. The highest BCUT2D eigenvalue weighted by Gasteiger charge is 2.13. The van der Waals surface area contributed by atoms with Gasteiger partial charge in [-0.05, 0) is 36.8 Å². The number of hydrogen-bond donors (Lipinski definition) is 0. The zero-order chi connectivity index (χ0) is 19.8. The van der Waals surface area contributed by atoms with E-state index in [0.29, 0.717) is 19.0 Å². The molecule has 0 aliphatic heterocycles. The van der Waals surface area contributed by atoms with Crippen LogP contribution in [-0.2, 0) is 13.2 Å². The Balaban J connectivity index is 1.57. The van der Waals surface area contributed by atoms with Gasteiger partial charge in [0.1, 0.15) is 12.4 Å². The highest BCUT2D eigenvalue weighted by Crippen LogP contribution is 2.21. The van der Waals surface area contributed by atoms with Crippen LogP contribution in [0.15, 0.2) is 66.3 Å². The predicted octanol–water partition coefficient (Wildman–Crippen LogP) is 4.66. The Morgan fingerprint density at radius 1 is 1.14 bits per heavy atom. The van der Waals surface area contributed by atoms with Crippen LogP contribution in [0.1, 0.15) is 11.4 Å². The normalized spacial score (nSPS) is 10.6. The van der Waals surface area contributed by atoms with Crippen molar-refractivity contribution in [2.24, 2.45) is 0 Å². The molecule has 5 nitrogen and oxygen atoms in total. The minimum Gasteiger partial charge on any atom is -0.493 e. The first-order valence-electron chi connectivity index (χ1n) is 8.90. The molecule has 1 heterocycles. The van der Waals surface area contributed by atoms with Gasteiger partial charge in [-0.15, -0.1) is 16.8 Å². The highest BCUT2D eigenvalue weighted by atomic mass is 32.2. The van der Waals surface area contributed by atoms with E-state index in [2.05, 4.69) is 16.8 Å². The second-order valence-corrected chi connectivity index (χ2v) is 7.09. The Morgan fingerprint density at radius 3 is 2.79 bits per heavy atom. The van der Waals surface area contributed by atoms with Crippen LogP contribution in [0.25, 0.3) is 0 Å². The molecular weight excluding hydrogens is 377 g/mol. The lowest BCUT2D eigenvalue weighted by molar-refractivity contribution is 0.275. The molecule has 7 heteroatoms. The molecule has 28 heavy (non-hydrogen) atoms. The highest BCUT2D eigenvalue weighted by molar-refractivity contribution is 7.99. The van der Waals surface area contributed by atoms with Gasteiger partial charge >= 0.3 is 0 Å². The molecule has 0 saturated carbocycles. The number of benzene rings is 2. The fourth-order valence-electron chi connectivity index (χ4n) is 2.55. The lowest BCUT2D eigenvalue weighted by atomic mass is 10.2. The number of nitrogens with zero attached hydrogens (tertiary/aromatic N) is 3. The molecule has 3 rings (SSSR count). The van der Waals surface area contributed by atoms with E-state index in [4.69, 9.17) is 9.47 Å². The van der Waals surface area contributed by atoms with E-state index in [1.165, 1.54) is 6.07 Å². The van der Waals surface area contributed by atoms with Gasteiger partial charge in [0, 0.05) is 12.3 Å². The summed E-state index contributed by atoms with van der Waals surface area (Å²) in [7, 11) is 0. The summed E-state index contributed by atoms with van der Waals surface area (Å²) in [5, 5.41) is 9.16. The van der Waals surface area contributed by atoms with Gasteiger partial charge in [-0.1, -0.05) is 42.1 Å². The van der Waals surface area contributed by atoms with Crippen molar-refractivity contribution in [3.05, 3.63) is 78.4 Å². The quantitative estimate of drug-likeness (QED) is 0.282. The van der Waals surface area contributed by atoms with Crippen molar-refractivity contribution in [3.63, 3.8) is 0 Å². The Morgan fingerprint density at radius 2 is 2.00 bits per heavy atom. The molecule has 0 amide bonds. The van der Waals surface area contributed by atoms with Gasteiger partial charge in [-0.3, -0.25) is 4.57 Å². The van der Waals surface area contributed by atoms with Crippen LogP contribution in [0.4, 0.5) is 4.39 Å². The standard InChI is InChI=1S/C21H22FN3O2S/c1-3-11-25-20(15-27-19-10-5-4-9-18(19)22)23-24-21(25)28-13-12-26-17-8-6-7-16(2)14-17/h3-10,14H,1,11-13,15H2,2H3. The molecule has 0 fully saturated rings. The number of allylic oxidation sites excluding steroid dienone is 1. The molecule has 0 aliphatic carbocycles.